The van der Waals surface area contributed by atoms with Crippen molar-refractivity contribution in [2.75, 3.05) is 18.0 Å². The quantitative estimate of drug-likeness (QED) is 0.773. The molecule has 2 atom stereocenters. The Labute approximate surface area is 105 Å². The summed E-state index contributed by atoms with van der Waals surface area (Å²) in [5, 5.41) is 8.00. The Morgan fingerprint density at radius 1 is 1.11 bits per heavy atom. The summed E-state index contributed by atoms with van der Waals surface area (Å²) in [6, 6.07) is 0. The predicted molar refractivity (Wildman–Crippen MR) is 69.3 cm³/mol. The number of nitrogens with zero attached hydrogens (tertiary/aromatic N) is 4. The van der Waals surface area contributed by atoms with Gasteiger partial charge < -0.3 is 4.90 Å². The van der Waals surface area contributed by atoms with Crippen LogP contribution in [0.5, 0.6) is 0 Å². The van der Waals surface area contributed by atoms with Crippen LogP contribution in [0.2, 0.25) is 0 Å². The van der Waals surface area contributed by atoms with E-state index < -0.39 is 0 Å². The van der Waals surface area contributed by atoms with Crippen molar-refractivity contribution in [1.82, 2.24) is 20.2 Å². The lowest BCUT2D eigenvalue weighted by atomic mass is 9.86. The highest BCUT2D eigenvalue weighted by Crippen LogP contribution is 2.36. The van der Waals surface area contributed by atoms with E-state index in [-0.39, 0.29) is 0 Å². The van der Waals surface area contributed by atoms with Crippen molar-refractivity contribution in [3.05, 3.63) is 24.7 Å². The number of rotatable bonds is 1. The zero-order valence-electron chi connectivity index (χ0n) is 10.1. The number of anilines is 1. The van der Waals surface area contributed by atoms with Crippen LogP contribution in [-0.2, 0) is 0 Å². The summed E-state index contributed by atoms with van der Waals surface area (Å²) in [4.78, 5) is 11.0. The van der Waals surface area contributed by atoms with Crippen LogP contribution in [0, 0.1) is 11.8 Å². The smallest absolute Gasteiger partial charge is 0.160 e. The summed E-state index contributed by atoms with van der Waals surface area (Å²) in [5.41, 5.74) is 0.827. The van der Waals surface area contributed by atoms with Crippen molar-refractivity contribution in [3.8, 4) is 0 Å². The van der Waals surface area contributed by atoms with E-state index in [0.29, 0.717) is 0 Å². The van der Waals surface area contributed by atoms with Crippen LogP contribution in [0.25, 0.3) is 11.0 Å². The maximum atomic E-state index is 4.45. The van der Waals surface area contributed by atoms with Gasteiger partial charge in [0.1, 0.15) is 12.1 Å². The third-order valence-corrected chi connectivity index (χ3v) is 4.15. The van der Waals surface area contributed by atoms with Crippen molar-refractivity contribution in [2.24, 2.45) is 11.8 Å². The minimum Gasteiger partial charge on any atom is -0.355 e. The number of hydrogen-bond donors (Lipinski definition) is 1. The van der Waals surface area contributed by atoms with Gasteiger partial charge in [0.2, 0.25) is 0 Å². The van der Waals surface area contributed by atoms with Crippen LogP contribution in [0.1, 0.15) is 12.8 Å². The maximum Gasteiger partial charge on any atom is 0.160 e. The van der Waals surface area contributed by atoms with Gasteiger partial charge >= 0.3 is 0 Å². The summed E-state index contributed by atoms with van der Waals surface area (Å²) < 4.78 is 0. The monoisotopic (exact) mass is 241 g/mol. The Morgan fingerprint density at radius 2 is 1.89 bits per heavy atom. The SMILES string of the molecule is C1=CC[C@@H]2CN(c3ncnc4[nH]ncc34)C[C@H]2C1. The summed E-state index contributed by atoms with van der Waals surface area (Å²) >= 11 is 0. The number of hydrogen-bond acceptors (Lipinski definition) is 4. The van der Waals surface area contributed by atoms with Gasteiger partial charge in [0.05, 0.1) is 11.6 Å². The highest BCUT2D eigenvalue weighted by molar-refractivity contribution is 5.86. The molecule has 2 aromatic heterocycles. The van der Waals surface area contributed by atoms with Gasteiger partial charge in [-0.2, -0.15) is 5.10 Å². The average molecular weight is 241 g/mol. The van der Waals surface area contributed by atoms with Gasteiger partial charge in [0.15, 0.2) is 5.65 Å². The highest BCUT2D eigenvalue weighted by atomic mass is 15.2. The molecule has 1 fully saturated rings. The second-order valence-electron chi connectivity index (χ2n) is 5.20. The summed E-state index contributed by atoms with van der Waals surface area (Å²) in [6.45, 7) is 2.21. The average Bonchev–Trinajstić information content (AvgIpc) is 3.04. The van der Waals surface area contributed by atoms with Crippen molar-refractivity contribution in [1.29, 1.82) is 0 Å². The molecular weight excluding hydrogens is 226 g/mol. The van der Waals surface area contributed by atoms with Gasteiger partial charge in [-0.3, -0.25) is 5.10 Å². The van der Waals surface area contributed by atoms with Crippen molar-refractivity contribution in [3.63, 3.8) is 0 Å². The molecule has 0 radical (unpaired) electrons. The lowest BCUT2D eigenvalue weighted by molar-refractivity contribution is 0.411. The molecule has 0 saturated carbocycles. The Bertz CT molecular complexity index is 586. The van der Waals surface area contributed by atoms with Crippen molar-refractivity contribution < 1.29 is 0 Å². The molecule has 5 nitrogen and oxygen atoms in total. The third kappa shape index (κ3) is 1.43. The molecule has 2 aromatic rings. The molecule has 0 unspecified atom stereocenters. The number of allylic oxidation sites excluding steroid dienone is 2. The lowest BCUT2D eigenvalue weighted by Crippen LogP contribution is -2.21. The van der Waals surface area contributed by atoms with E-state index in [4.69, 9.17) is 0 Å². The van der Waals surface area contributed by atoms with Crippen molar-refractivity contribution in [2.45, 2.75) is 12.8 Å². The Kier molecular flexibility index (Phi) is 2.12. The van der Waals surface area contributed by atoms with Gasteiger partial charge in [0, 0.05) is 13.1 Å². The minimum atomic E-state index is 0.784. The zero-order chi connectivity index (χ0) is 11.9. The van der Waals surface area contributed by atoms with Crippen LogP contribution in [0.3, 0.4) is 0 Å². The molecule has 92 valence electrons. The maximum absolute atomic E-state index is 4.45. The molecule has 0 amide bonds. The van der Waals surface area contributed by atoms with Crippen LogP contribution < -0.4 is 4.90 Å². The predicted octanol–water partition coefficient (Wildman–Crippen LogP) is 1.76. The second kappa shape index (κ2) is 3.80. The lowest BCUT2D eigenvalue weighted by Gasteiger charge is -2.17. The third-order valence-electron chi connectivity index (χ3n) is 4.15. The molecule has 1 aliphatic heterocycles. The van der Waals surface area contributed by atoms with Gasteiger partial charge in [-0.25, -0.2) is 9.97 Å². The van der Waals surface area contributed by atoms with E-state index >= 15 is 0 Å². The Morgan fingerprint density at radius 3 is 2.67 bits per heavy atom. The van der Waals surface area contributed by atoms with Gasteiger partial charge in [-0.15, -0.1) is 0 Å². The molecule has 3 heterocycles. The van der Waals surface area contributed by atoms with Gasteiger partial charge in [-0.1, -0.05) is 12.2 Å². The molecule has 2 aliphatic rings. The number of aromatic nitrogens is 4. The number of H-pyrrole nitrogens is 1. The molecule has 18 heavy (non-hydrogen) atoms. The first kappa shape index (κ1) is 10.1. The molecule has 1 N–H and O–H groups in total. The van der Waals surface area contributed by atoms with Gasteiger partial charge in [-0.05, 0) is 24.7 Å². The minimum absolute atomic E-state index is 0.784. The number of nitrogens with one attached hydrogen (secondary N) is 1. The highest BCUT2D eigenvalue weighted by Gasteiger charge is 2.34. The topological polar surface area (TPSA) is 57.7 Å². The summed E-state index contributed by atoms with van der Waals surface area (Å²) in [5.74, 6) is 2.60. The molecule has 4 rings (SSSR count). The fourth-order valence-electron chi connectivity index (χ4n) is 3.19. The molecule has 1 saturated heterocycles. The first-order valence-corrected chi connectivity index (χ1v) is 6.46. The fourth-order valence-corrected chi connectivity index (χ4v) is 3.19. The molecular formula is C13H15N5. The standard InChI is InChI=1S/C13H15N5/c1-2-4-10-7-18(6-9(10)3-1)13-11-5-16-17-12(11)14-8-15-13/h1-2,5,8-10H,3-4,6-7H2,(H,14,15,16,17)/t9-,10-/m1/s1. The van der Waals surface area contributed by atoms with Crippen LogP contribution in [0.4, 0.5) is 5.82 Å². The molecule has 1 aliphatic carbocycles. The first-order valence-electron chi connectivity index (χ1n) is 6.46. The molecule has 0 spiro atoms. The normalized spacial score (nSPS) is 26.8. The summed E-state index contributed by atoms with van der Waals surface area (Å²) in [6.07, 6.45) is 10.5. The van der Waals surface area contributed by atoms with Crippen molar-refractivity contribution >= 4 is 16.9 Å². The van der Waals surface area contributed by atoms with Gasteiger partial charge in [0.25, 0.3) is 0 Å². The largest absolute Gasteiger partial charge is 0.355 e. The van der Waals surface area contributed by atoms with E-state index in [1.165, 1.54) is 12.8 Å². The molecule has 5 heteroatoms. The number of fused-ring (bicyclic) bond motifs is 2. The molecule has 0 aromatic carbocycles. The van der Waals surface area contributed by atoms with Crippen LogP contribution in [-0.4, -0.2) is 33.3 Å². The Hall–Kier alpha value is -1.91. The summed E-state index contributed by atoms with van der Waals surface area (Å²) in [7, 11) is 0. The number of aromatic amines is 1. The van der Waals surface area contributed by atoms with E-state index in [9.17, 15) is 0 Å². The first-order chi connectivity index (χ1) is 8.92. The van der Waals surface area contributed by atoms with E-state index in [2.05, 4.69) is 37.2 Å². The van der Waals surface area contributed by atoms with E-state index in [1.807, 2.05) is 6.20 Å². The Balaban J connectivity index is 1.70. The van der Waals surface area contributed by atoms with E-state index in [0.717, 1.165) is 41.8 Å². The molecule has 0 bridgehead atoms. The second-order valence-corrected chi connectivity index (χ2v) is 5.20. The fraction of sp³-hybridized carbons (Fsp3) is 0.462. The van der Waals surface area contributed by atoms with E-state index in [1.54, 1.807) is 6.33 Å². The van der Waals surface area contributed by atoms with Crippen LogP contribution >= 0.6 is 0 Å². The van der Waals surface area contributed by atoms with Crippen LogP contribution in [0.15, 0.2) is 24.7 Å². The zero-order valence-corrected chi connectivity index (χ0v) is 10.1.